The highest BCUT2D eigenvalue weighted by molar-refractivity contribution is 5.75. The van der Waals surface area contributed by atoms with E-state index in [1.807, 2.05) is 0 Å². The van der Waals surface area contributed by atoms with Gasteiger partial charge in [0, 0.05) is 13.0 Å². The van der Waals surface area contributed by atoms with Gasteiger partial charge in [-0.25, -0.2) is 0 Å². The van der Waals surface area contributed by atoms with Gasteiger partial charge in [-0.3, -0.25) is 14.5 Å². The van der Waals surface area contributed by atoms with Crippen molar-refractivity contribution >= 4 is 11.9 Å². The Morgan fingerprint density at radius 2 is 1.83 bits per heavy atom. The molecule has 0 aliphatic heterocycles. The number of rotatable bonds is 14. The molecule has 0 saturated carbocycles. The van der Waals surface area contributed by atoms with Crippen LogP contribution < -0.4 is 5.32 Å². The lowest BCUT2D eigenvalue weighted by molar-refractivity contribution is -0.142. The zero-order valence-corrected chi connectivity index (χ0v) is 15.0. The van der Waals surface area contributed by atoms with E-state index in [1.54, 1.807) is 19.0 Å². The molecule has 1 amide bonds. The Morgan fingerprint density at radius 3 is 2.43 bits per heavy atom. The minimum absolute atomic E-state index is 0.108. The van der Waals surface area contributed by atoms with Gasteiger partial charge in [0.25, 0.3) is 0 Å². The SMILES string of the molecule is CC/C=C/CCCCCC(=O)NCCCC[C@@H](C(=O)O)N(C)C. The molecule has 1 atom stereocenters. The molecule has 0 unspecified atom stereocenters. The summed E-state index contributed by atoms with van der Waals surface area (Å²) in [5.74, 6) is -0.677. The maximum Gasteiger partial charge on any atom is 0.320 e. The molecular formula is C18H34N2O3. The molecule has 0 aliphatic rings. The third kappa shape index (κ3) is 12.8. The predicted octanol–water partition coefficient (Wildman–Crippen LogP) is 3.20. The van der Waals surface area contributed by atoms with Crippen molar-refractivity contribution in [2.75, 3.05) is 20.6 Å². The maximum atomic E-state index is 11.7. The zero-order valence-electron chi connectivity index (χ0n) is 15.0. The Hall–Kier alpha value is -1.36. The highest BCUT2D eigenvalue weighted by Crippen LogP contribution is 2.06. The molecule has 2 N–H and O–H groups in total. The number of amides is 1. The molecule has 0 heterocycles. The van der Waals surface area contributed by atoms with Crippen LogP contribution in [0.2, 0.25) is 0 Å². The molecule has 23 heavy (non-hydrogen) atoms. The number of carbonyl (C=O) groups excluding carboxylic acids is 1. The van der Waals surface area contributed by atoms with Gasteiger partial charge in [-0.05, 0) is 59.0 Å². The number of carbonyl (C=O) groups is 2. The second-order valence-corrected chi connectivity index (χ2v) is 6.14. The van der Waals surface area contributed by atoms with Crippen LogP contribution in [0, 0.1) is 0 Å². The Morgan fingerprint density at radius 1 is 1.09 bits per heavy atom. The quantitative estimate of drug-likeness (QED) is 0.380. The van der Waals surface area contributed by atoms with Crippen molar-refractivity contribution in [1.82, 2.24) is 10.2 Å². The van der Waals surface area contributed by atoms with Gasteiger partial charge in [0.2, 0.25) is 5.91 Å². The molecule has 5 nitrogen and oxygen atoms in total. The Bertz CT molecular complexity index is 354. The van der Waals surface area contributed by atoms with E-state index in [9.17, 15) is 9.59 Å². The second kappa shape index (κ2) is 14.2. The van der Waals surface area contributed by atoms with Crippen LogP contribution in [0.3, 0.4) is 0 Å². The summed E-state index contributed by atoms with van der Waals surface area (Å²) in [6, 6.07) is -0.438. The number of nitrogens with zero attached hydrogens (tertiary/aromatic N) is 1. The summed E-state index contributed by atoms with van der Waals surface area (Å²) < 4.78 is 0. The largest absolute Gasteiger partial charge is 0.480 e. The third-order valence-corrected chi connectivity index (χ3v) is 3.81. The van der Waals surface area contributed by atoms with E-state index in [-0.39, 0.29) is 5.91 Å². The van der Waals surface area contributed by atoms with Gasteiger partial charge in [0.15, 0.2) is 0 Å². The Labute approximate surface area is 141 Å². The van der Waals surface area contributed by atoms with Crippen molar-refractivity contribution in [1.29, 1.82) is 0 Å². The fourth-order valence-electron chi connectivity index (χ4n) is 2.39. The van der Waals surface area contributed by atoms with Crippen LogP contribution in [0.1, 0.15) is 64.7 Å². The first kappa shape index (κ1) is 21.6. The summed E-state index contributed by atoms with van der Waals surface area (Å²) in [4.78, 5) is 24.4. The van der Waals surface area contributed by atoms with Crippen LogP contribution in [-0.4, -0.2) is 48.6 Å². The molecule has 0 rings (SSSR count). The normalized spacial score (nSPS) is 12.7. The van der Waals surface area contributed by atoms with Gasteiger partial charge in [0.05, 0.1) is 0 Å². The standard InChI is InChI=1S/C18H34N2O3/c1-4-5-6-7-8-9-10-14-17(21)19-15-12-11-13-16(18(22)23)20(2)3/h5-6,16H,4,7-15H2,1-3H3,(H,19,21)(H,22,23)/b6-5+/t16-/m0/s1. The van der Waals surface area contributed by atoms with Crippen LogP contribution in [0.15, 0.2) is 12.2 Å². The van der Waals surface area contributed by atoms with E-state index in [2.05, 4.69) is 24.4 Å². The van der Waals surface area contributed by atoms with Gasteiger partial charge in [-0.15, -0.1) is 0 Å². The van der Waals surface area contributed by atoms with Crippen LogP contribution >= 0.6 is 0 Å². The molecule has 0 radical (unpaired) electrons. The third-order valence-electron chi connectivity index (χ3n) is 3.81. The molecular weight excluding hydrogens is 292 g/mol. The van der Waals surface area contributed by atoms with Crippen LogP contribution in [0.5, 0.6) is 0 Å². The highest BCUT2D eigenvalue weighted by atomic mass is 16.4. The summed E-state index contributed by atoms with van der Waals surface area (Å²) in [7, 11) is 3.55. The van der Waals surface area contributed by atoms with Crippen LogP contribution in [0.4, 0.5) is 0 Å². The predicted molar refractivity (Wildman–Crippen MR) is 94.5 cm³/mol. The highest BCUT2D eigenvalue weighted by Gasteiger charge is 2.18. The van der Waals surface area contributed by atoms with Crippen molar-refractivity contribution in [2.45, 2.75) is 70.8 Å². The van der Waals surface area contributed by atoms with E-state index < -0.39 is 12.0 Å². The maximum absolute atomic E-state index is 11.7. The minimum Gasteiger partial charge on any atom is -0.480 e. The molecule has 0 aromatic heterocycles. The van der Waals surface area contributed by atoms with E-state index in [1.165, 1.54) is 0 Å². The number of unbranched alkanes of at least 4 members (excludes halogenated alkanes) is 4. The number of hydrogen-bond acceptors (Lipinski definition) is 3. The van der Waals surface area contributed by atoms with Gasteiger partial charge >= 0.3 is 5.97 Å². The van der Waals surface area contributed by atoms with E-state index >= 15 is 0 Å². The van der Waals surface area contributed by atoms with E-state index in [0.29, 0.717) is 19.4 Å². The second-order valence-electron chi connectivity index (χ2n) is 6.14. The molecule has 0 fully saturated rings. The average Bonchev–Trinajstić information content (AvgIpc) is 2.49. The average molecular weight is 326 g/mol. The number of likely N-dealkylation sites (N-methyl/N-ethyl adjacent to an activating group) is 1. The summed E-state index contributed by atoms with van der Waals surface area (Å²) in [5, 5.41) is 12.0. The van der Waals surface area contributed by atoms with E-state index in [0.717, 1.165) is 44.9 Å². The fourth-order valence-corrected chi connectivity index (χ4v) is 2.39. The van der Waals surface area contributed by atoms with Crippen molar-refractivity contribution in [3.8, 4) is 0 Å². The minimum atomic E-state index is -0.784. The first-order valence-electron chi connectivity index (χ1n) is 8.80. The van der Waals surface area contributed by atoms with Crippen molar-refractivity contribution < 1.29 is 14.7 Å². The monoisotopic (exact) mass is 326 g/mol. The number of nitrogens with one attached hydrogen (secondary N) is 1. The van der Waals surface area contributed by atoms with Gasteiger partial charge in [-0.2, -0.15) is 0 Å². The van der Waals surface area contributed by atoms with Gasteiger partial charge in [-0.1, -0.05) is 25.5 Å². The number of carboxylic acids is 1. The molecule has 0 spiro atoms. The summed E-state index contributed by atoms with van der Waals surface area (Å²) >= 11 is 0. The number of aliphatic carboxylic acids is 1. The topological polar surface area (TPSA) is 69.6 Å². The number of carboxylic acid groups (broad SMARTS) is 1. The van der Waals surface area contributed by atoms with Crippen molar-refractivity contribution in [3.05, 3.63) is 12.2 Å². The first-order chi connectivity index (χ1) is 11.0. The molecule has 0 aromatic carbocycles. The molecule has 0 saturated heterocycles. The number of allylic oxidation sites excluding steroid dienone is 2. The Kier molecular flexibility index (Phi) is 13.4. The lowest BCUT2D eigenvalue weighted by Gasteiger charge is -2.19. The zero-order chi connectivity index (χ0) is 17.5. The molecule has 5 heteroatoms. The lowest BCUT2D eigenvalue weighted by Crippen LogP contribution is -2.35. The van der Waals surface area contributed by atoms with Gasteiger partial charge < -0.3 is 10.4 Å². The molecule has 0 aliphatic carbocycles. The van der Waals surface area contributed by atoms with Crippen LogP contribution in [0.25, 0.3) is 0 Å². The summed E-state index contributed by atoms with van der Waals surface area (Å²) in [6.45, 7) is 2.76. The van der Waals surface area contributed by atoms with Crippen molar-refractivity contribution in [3.63, 3.8) is 0 Å². The van der Waals surface area contributed by atoms with Crippen molar-refractivity contribution in [2.24, 2.45) is 0 Å². The smallest absolute Gasteiger partial charge is 0.320 e. The molecule has 0 aromatic rings. The summed E-state index contributed by atoms with van der Waals surface area (Å²) in [5.41, 5.74) is 0. The molecule has 0 bridgehead atoms. The fraction of sp³-hybridized carbons (Fsp3) is 0.778. The van der Waals surface area contributed by atoms with Crippen LogP contribution in [-0.2, 0) is 9.59 Å². The summed E-state index contributed by atoms with van der Waals surface area (Å²) in [6.07, 6.45) is 12.6. The van der Waals surface area contributed by atoms with Gasteiger partial charge in [0.1, 0.15) is 6.04 Å². The Balaban J connectivity index is 3.53. The lowest BCUT2D eigenvalue weighted by atomic mass is 10.1. The molecule has 134 valence electrons. The number of hydrogen-bond donors (Lipinski definition) is 2. The van der Waals surface area contributed by atoms with E-state index in [4.69, 9.17) is 5.11 Å². The first-order valence-corrected chi connectivity index (χ1v) is 8.80.